The van der Waals surface area contributed by atoms with E-state index in [1.54, 1.807) is 31.2 Å². The molecule has 0 bridgehead atoms. The first-order chi connectivity index (χ1) is 7.13. The second kappa shape index (κ2) is 2.94. The summed E-state index contributed by atoms with van der Waals surface area (Å²) in [7, 11) is 0. The molecule has 0 aliphatic rings. The number of para-hydroxylation sites is 1. The summed E-state index contributed by atoms with van der Waals surface area (Å²) in [6.45, 7) is 1.58. The molecule has 0 saturated heterocycles. The van der Waals surface area contributed by atoms with Crippen molar-refractivity contribution in [3.8, 4) is 5.69 Å². The van der Waals surface area contributed by atoms with Crippen LogP contribution in [-0.2, 0) is 0 Å². The Balaban J connectivity index is 2.75. The average Bonchev–Trinajstić information content (AvgIpc) is 2.45. The molecule has 0 radical (unpaired) electrons. The van der Waals surface area contributed by atoms with Gasteiger partial charge in [0.15, 0.2) is 1.41 Å². The molecule has 0 spiro atoms. The van der Waals surface area contributed by atoms with Gasteiger partial charge in [-0.1, -0.05) is 18.2 Å². The Morgan fingerprint density at radius 2 is 2.15 bits per heavy atom. The quantitative estimate of drug-likeness (QED) is 0.702. The van der Waals surface area contributed by atoms with Crippen LogP contribution in [0.4, 0.5) is 0 Å². The smallest absolute Gasteiger partial charge is 0.271 e. The summed E-state index contributed by atoms with van der Waals surface area (Å²) in [5.74, 6) is 0. The van der Waals surface area contributed by atoms with Crippen LogP contribution in [0.5, 0.6) is 0 Å². The molecule has 3 heteroatoms. The molecule has 1 heterocycles. The molecular weight excluding hydrogens is 164 g/mol. The highest BCUT2D eigenvalue weighted by atomic mass is 16.1. The Labute approximate surface area is 78.5 Å². The monoisotopic (exact) mass is 176 g/mol. The fourth-order valence-electron chi connectivity index (χ4n) is 1.17. The van der Waals surface area contributed by atoms with Crippen molar-refractivity contribution in [3.63, 3.8) is 0 Å². The predicted octanol–water partition coefficient (Wildman–Crippen LogP) is 1.47. The summed E-state index contributed by atoms with van der Waals surface area (Å²) in [4.78, 5) is 11.6. The Kier molecular flexibility index (Phi) is 1.31. The third-order valence-electron chi connectivity index (χ3n) is 1.73. The number of nitrogens with zero attached hydrogens (tertiary/aromatic N) is 1. The van der Waals surface area contributed by atoms with Crippen LogP contribution in [0.3, 0.4) is 0 Å². The zero-order valence-electron chi connectivity index (χ0n) is 9.19. The van der Waals surface area contributed by atoms with Gasteiger partial charge in [0, 0.05) is 11.7 Å². The summed E-state index contributed by atoms with van der Waals surface area (Å²) in [5, 5.41) is 0.944. The molecular formula is C10H10N2O. The van der Waals surface area contributed by atoms with Crippen LogP contribution in [-0.4, -0.2) is 9.77 Å². The maximum Gasteiger partial charge on any atom is 0.271 e. The number of benzene rings is 1. The van der Waals surface area contributed by atoms with Gasteiger partial charge in [-0.05, 0) is 19.1 Å². The minimum Gasteiger partial charge on any atom is -0.295 e. The largest absolute Gasteiger partial charge is 0.295 e. The van der Waals surface area contributed by atoms with Crippen LogP contribution in [0.15, 0.2) is 41.2 Å². The van der Waals surface area contributed by atoms with Crippen LogP contribution in [0, 0.1) is 6.92 Å². The minimum atomic E-state index is -0.464. The summed E-state index contributed by atoms with van der Waals surface area (Å²) < 4.78 is 16.3. The Morgan fingerprint density at radius 1 is 1.46 bits per heavy atom. The number of H-pyrrole nitrogens is 1. The fourth-order valence-corrected chi connectivity index (χ4v) is 1.17. The lowest BCUT2D eigenvalue weighted by molar-refractivity contribution is 0.835. The van der Waals surface area contributed by atoms with Crippen LogP contribution in [0.25, 0.3) is 5.69 Å². The molecule has 1 aromatic carbocycles. The van der Waals surface area contributed by atoms with Gasteiger partial charge >= 0.3 is 0 Å². The molecule has 0 aliphatic heterocycles. The summed E-state index contributed by atoms with van der Waals surface area (Å²) in [5.41, 5.74) is 0.469. The van der Waals surface area contributed by atoms with Crippen LogP contribution in [0.1, 0.15) is 7.06 Å². The zero-order valence-corrected chi connectivity index (χ0v) is 7.19. The van der Waals surface area contributed by atoms with Crippen molar-refractivity contribution in [1.82, 2.24) is 9.77 Å². The molecule has 1 aromatic heterocycles. The maximum atomic E-state index is 11.6. The van der Waals surface area contributed by atoms with E-state index in [4.69, 9.17) is 2.78 Å². The highest BCUT2D eigenvalue weighted by Crippen LogP contribution is 2.02. The molecule has 13 heavy (non-hydrogen) atoms. The molecule has 0 aliphatic carbocycles. The van der Waals surface area contributed by atoms with E-state index < -0.39 is 5.56 Å². The molecule has 2 aromatic rings. The topological polar surface area (TPSA) is 37.8 Å². The first kappa shape index (κ1) is 5.80. The Hall–Kier alpha value is -1.77. The second-order valence-electron chi connectivity index (χ2n) is 2.76. The summed E-state index contributed by atoms with van der Waals surface area (Å²) in [6, 6.07) is 8.73. The van der Waals surface area contributed by atoms with E-state index in [1.165, 1.54) is 0 Å². The normalized spacial score (nSPS) is 12.4. The van der Waals surface area contributed by atoms with Gasteiger partial charge in [-0.2, -0.15) is 0 Å². The molecule has 1 N–H and O–H groups in total. The molecule has 0 atom stereocenters. The van der Waals surface area contributed by atoms with Gasteiger partial charge in [-0.25, -0.2) is 4.68 Å². The number of hydrogen-bond donors (Lipinski definition) is 1. The van der Waals surface area contributed by atoms with Crippen molar-refractivity contribution in [3.05, 3.63) is 52.4 Å². The molecule has 3 nitrogen and oxygen atoms in total. The molecule has 0 unspecified atom stereocenters. The highest BCUT2D eigenvalue weighted by Gasteiger charge is 1.99. The van der Waals surface area contributed by atoms with Crippen molar-refractivity contribution in [1.29, 1.82) is 0 Å². The van der Waals surface area contributed by atoms with E-state index in [2.05, 4.69) is 0 Å². The van der Waals surface area contributed by atoms with E-state index in [-0.39, 0.29) is 6.04 Å². The van der Waals surface area contributed by atoms with E-state index >= 15 is 0 Å². The van der Waals surface area contributed by atoms with Gasteiger partial charge in [0.25, 0.3) is 5.56 Å². The van der Waals surface area contributed by atoms with Crippen molar-refractivity contribution in [2.75, 3.05) is 0 Å². The van der Waals surface area contributed by atoms with Crippen LogP contribution < -0.4 is 5.56 Å². The van der Waals surface area contributed by atoms with Crippen LogP contribution in [0.2, 0.25) is 1.41 Å². The number of aromatic amines is 1. The third kappa shape index (κ3) is 1.40. The standard InChI is InChI=1S/C10H10N2O/c1-8-7-10(13)12(11-8)9-5-3-2-4-6-9/h2-7,11H,1H3/i7D/hD. The average molecular weight is 176 g/mol. The van der Waals surface area contributed by atoms with E-state index in [0.717, 1.165) is 9.77 Å². The number of hydrogen-bond acceptors (Lipinski definition) is 1. The van der Waals surface area contributed by atoms with Gasteiger partial charge in [-0.15, -0.1) is 0 Å². The number of nitrogens with one attached hydrogen (secondary N) is 1. The maximum absolute atomic E-state index is 11.6. The van der Waals surface area contributed by atoms with Gasteiger partial charge in [0.05, 0.1) is 7.06 Å². The SMILES string of the molecule is [2H]c1c(C)n([2H])n(-c2ccccc2)c1=O. The van der Waals surface area contributed by atoms with Crippen LogP contribution >= 0.6 is 0 Å². The molecule has 66 valence electrons. The van der Waals surface area contributed by atoms with Gasteiger partial charge in [0.2, 0.25) is 0 Å². The van der Waals surface area contributed by atoms with Crippen molar-refractivity contribution in [2.45, 2.75) is 6.92 Å². The molecule has 0 fully saturated rings. The molecule has 2 rings (SSSR count). The summed E-state index contributed by atoms with van der Waals surface area (Å²) >= 11 is 0. The number of rotatable bonds is 1. The lowest BCUT2D eigenvalue weighted by Gasteiger charge is -1.99. The van der Waals surface area contributed by atoms with E-state index in [1.807, 2.05) is 6.07 Å². The van der Waals surface area contributed by atoms with E-state index in [0.29, 0.717) is 11.4 Å². The first-order valence-corrected chi connectivity index (χ1v) is 3.99. The van der Waals surface area contributed by atoms with Crippen molar-refractivity contribution < 1.29 is 2.78 Å². The highest BCUT2D eigenvalue weighted by molar-refractivity contribution is 5.30. The predicted molar refractivity (Wildman–Crippen MR) is 51.1 cm³/mol. The lowest BCUT2D eigenvalue weighted by atomic mass is 10.3. The Morgan fingerprint density at radius 3 is 2.69 bits per heavy atom. The van der Waals surface area contributed by atoms with Crippen molar-refractivity contribution >= 4 is 0 Å². The zero-order chi connectivity index (χ0) is 11.0. The molecule has 0 saturated carbocycles. The Bertz CT molecular complexity index is 543. The number of aromatic nitrogens is 2. The fraction of sp³-hybridized carbons (Fsp3) is 0.100. The lowest BCUT2D eigenvalue weighted by Crippen LogP contribution is -2.12. The van der Waals surface area contributed by atoms with Gasteiger partial charge < -0.3 is 0 Å². The first-order valence-electron chi connectivity index (χ1n) is 4.93. The second-order valence-corrected chi connectivity index (χ2v) is 2.76. The van der Waals surface area contributed by atoms with Crippen molar-refractivity contribution in [2.24, 2.45) is 0 Å². The summed E-state index contributed by atoms with van der Waals surface area (Å²) in [6.07, 6.45) is 0. The molecule has 0 amide bonds. The third-order valence-corrected chi connectivity index (χ3v) is 1.73. The van der Waals surface area contributed by atoms with Gasteiger partial charge in [-0.3, -0.25) is 9.89 Å². The minimum absolute atomic E-state index is 0.131. The van der Waals surface area contributed by atoms with E-state index in [9.17, 15) is 4.79 Å². The van der Waals surface area contributed by atoms with Gasteiger partial charge in [0.1, 0.15) is 0 Å².